The van der Waals surface area contributed by atoms with Crippen LogP contribution in [0.2, 0.25) is 10.0 Å². The first kappa shape index (κ1) is 15.9. The maximum Gasteiger partial charge on any atom is 0.140 e. The van der Waals surface area contributed by atoms with Crippen molar-refractivity contribution >= 4 is 23.2 Å². The number of halogens is 2. The van der Waals surface area contributed by atoms with Crippen LogP contribution in [-0.2, 0) is 0 Å². The minimum atomic E-state index is 0.128. The second kappa shape index (κ2) is 6.99. The Morgan fingerprint density at radius 1 is 1.25 bits per heavy atom. The summed E-state index contributed by atoms with van der Waals surface area (Å²) in [5.41, 5.74) is 0.884. The number of phenolic OH excluding ortho intramolecular Hbond substituents is 1. The maximum absolute atomic E-state index is 10.3. The van der Waals surface area contributed by atoms with E-state index in [9.17, 15) is 5.11 Å². The molecule has 1 aliphatic rings. The van der Waals surface area contributed by atoms with Crippen LogP contribution in [0.25, 0.3) is 0 Å². The van der Waals surface area contributed by atoms with Gasteiger partial charge >= 0.3 is 0 Å². The number of hydrogen-bond acceptors (Lipinski definition) is 3. The molecule has 3 nitrogen and oxygen atoms in total. The molecule has 2 rings (SSSR count). The summed E-state index contributed by atoms with van der Waals surface area (Å²) in [6.07, 6.45) is 0.992. The van der Waals surface area contributed by atoms with E-state index >= 15 is 0 Å². The molecule has 0 unspecified atom stereocenters. The van der Waals surface area contributed by atoms with Gasteiger partial charge in [-0.15, -0.1) is 0 Å². The van der Waals surface area contributed by atoms with Crippen LogP contribution in [-0.4, -0.2) is 36.2 Å². The third kappa shape index (κ3) is 3.59. The Hall–Kier alpha value is -0.480. The molecule has 0 aliphatic carbocycles. The van der Waals surface area contributed by atoms with Crippen LogP contribution in [0.1, 0.15) is 31.9 Å². The van der Waals surface area contributed by atoms with Gasteiger partial charge in [0.1, 0.15) is 10.8 Å². The lowest BCUT2D eigenvalue weighted by Gasteiger charge is -2.36. The molecule has 1 aliphatic heterocycles. The van der Waals surface area contributed by atoms with Gasteiger partial charge in [-0.25, -0.2) is 0 Å². The number of benzene rings is 1. The van der Waals surface area contributed by atoms with Crippen LogP contribution in [0.15, 0.2) is 12.1 Å². The zero-order valence-corrected chi connectivity index (χ0v) is 13.5. The summed E-state index contributed by atoms with van der Waals surface area (Å²) in [6.45, 7) is 8.33. The predicted molar refractivity (Wildman–Crippen MR) is 84.8 cm³/mol. The molecule has 1 fully saturated rings. The minimum absolute atomic E-state index is 0.128. The van der Waals surface area contributed by atoms with Crippen LogP contribution < -0.4 is 5.32 Å². The molecule has 0 aromatic heterocycles. The summed E-state index contributed by atoms with van der Waals surface area (Å²) in [7, 11) is 0. The Balaban J connectivity index is 2.32. The maximum atomic E-state index is 10.3. The monoisotopic (exact) mass is 316 g/mol. The van der Waals surface area contributed by atoms with Crippen molar-refractivity contribution in [2.75, 3.05) is 26.2 Å². The van der Waals surface area contributed by atoms with Crippen molar-refractivity contribution in [2.24, 2.45) is 5.92 Å². The molecule has 0 spiro atoms. The van der Waals surface area contributed by atoms with Gasteiger partial charge in [-0.2, -0.15) is 0 Å². The molecule has 0 amide bonds. The third-order valence-corrected chi connectivity index (χ3v) is 4.54. The van der Waals surface area contributed by atoms with Gasteiger partial charge in [0, 0.05) is 37.8 Å². The lowest BCUT2D eigenvalue weighted by atomic mass is 9.94. The number of nitrogens with zero attached hydrogens (tertiary/aromatic N) is 1. The first-order chi connectivity index (χ1) is 9.50. The molecule has 1 atom stereocenters. The van der Waals surface area contributed by atoms with Gasteiger partial charge in [0.25, 0.3) is 0 Å². The van der Waals surface area contributed by atoms with Gasteiger partial charge in [-0.1, -0.05) is 43.1 Å². The van der Waals surface area contributed by atoms with Crippen LogP contribution >= 0.6 is 23.2 Å². The standard InChI is InChI=1S/C15H22Cl2N2O/c1-10(2)9-13(19-7-5-18-6-8-19)11-3-4-12(16)14(17)15(11)20/h3-4,10,13,18,20H,5-9H2,1-2H3/t13-/m1/s1. The van der Waals surface area contributed by atoms with Gasteiger partial charge in [0.15, 0.2) is 0 Å². The van der Waals surface area contributed by atoms with Crippen LogP contribution in [0.5, 0.6) is 5.75 Å². The van der Waals surface area contributed by atoms with Crippen molar-refractivity contribution in [3.05, 3.63) is 27.7 Å². The predicted octanol–water partition coefficient (Wildman–Crippen LogP) is 3.69. The summed E-state index contributed by atoms with van der Waals surface area (Å²) < 4.78 is 0. The second-order valence-electron chi connectivity index (χ2n) is 5.73. The molecular formula is C15H22Cl2N2O. The van der Waals surface area contributed by atoms with E-state index in [1.807, 2.05) is 6.07 Å². The van der Waals surface area contributed by atoms with E-state index in [1.54, 1.807) is 6.07 Å². The largest absolute Gasteiger partial charge is 0.506 e. The molecule has 2 N–H and O–H groups in total. The fourth-order valence-electron chi connectivity index (χ4n) is 2.74. The van der Waals surface area contributed by atoms with Crippen molar-refractivity contribution in [3.63, 3.8) is 0 Å². The number of piperazine rings is 1. The molecule has 1 aromatic rings. The Morgan fingerprint density at radius 2 is 1.90 bits per heavy atom. The summed E-state index contributed by atoms with van der Waals surface area (Å²) in [4.78, 5) is 2.41. The fourth-order valence-corrected chi connectivity index (χ4v) is 3.06. The van der Waals surface area contributed by atoms with E-state index in [-0.39, 0.29) is 16.8 Å². The highest BCUT2D eigenvalue weighted by Crippen LogP contribution is 2.40. The molecule has 112 valence electrons. The highest BCUT2D eigenvalue weighted by atomic mass is 35.5. The van der Waals surface area contributed by atoms with Crippen molar-refractivity contribution < 1.29 is 5.11 Å². The number of rotatable bonds is 4. The third-order valence-electron chi connectivity index (χ3n) is 3.75. The van der Waals surface area contributed by atoms with Gasteiger partial charge in [-0.3, -0.25) is 4.90 Å². The smallest absolute Gasteiger partial charge is 0.140 e. The van der Waals surface area contributed by atoms with Crippen molar-refractivity contribution in [2.45, 2.75) is 26.3 Å². The highest BCUT2D eigenvalue weighted by Gasteiger charge is 2.26. The van der Waals surface area contributed by atoms with Gasteiger partial charge in [-0.05, 0) is 18.4 Å². The van der Waals surface area contributed by atoms with Crippen LogP contribution in [0.3, 0.4) is 0 Å². The Kier molecular flexibility index (Phi) is 5.56. The topological polar surface area (TPSA) is 35.5 Å². The average Bonchev–Trinajstić information content (AvgIpc) is 2.44. The van der Waals surface area contributed by atoms with E-state index in [2.05, 4.69) is 24.1 Å². The number of phenols is 1. The number of hydrogen-bond donors (Lipinski definition) is 2. The van der Waals surface area contributed by atoms with E-state index < -0.39 is 0 Å². The number of aromatic hydroxyl groups is 1. The lowest BCUT2D eigenvalue weighted by molar-refractivity contribution is 0.151. The fraction of sp³-hybridized carbons (Fsp3) is 0.600. The summed E-state index contributed by atoms with van der Waals surface area (Å²) >= 11 is 12.1. The van der Waals surface area contributed by atoms with Gasteiger partial charge < -0.3 is 10.4 Å². The highest BCUT2D eigenvalue weighted by molar-refractivity contribution is 6.43. The molecule has 0 saturated carbocycles. The van der Waals surface area contributed by atoms with Crippen molar-refractivity contribution in [3.8, 4) is 5.75 Å². The summed E-state index contributed by atoms with van der Waals surface area (Å²) in [5.74, 6) is 0.673. The van der Waals surface area contributed by atoms with E-state index in [4.69, 9.17) is 23.2 Å². The summed E-state index contributed by atoms with van der Waals surface area (Å²) in [6, 6.07) is 3.86. The zero-order valence-electron chi connectivity index (χ0n) is 12.0. The molecule has 1 heterocycles. The SMILES string of the molecule is CC(C)C[C@H](c1ccc(Cl)c(Cl)c1O)N1CCNCC1. The van der Waals surface area contributed by atoms with E-state index in [1.165, 1.54) is 0 Å². The minimum Gasteiger partial charge on any atom is -0.506 e. The molecule has 20 heavy (non-hydrogen) atoms. The van der Waals surface area contributed by atoms with Crippen molar-refractivity contribution in [1.29, 1.82) is 0 Å². The second-order valence-corrected chi connectivity index (χ2v) is 6.52. The van der Waals surface area contributed by atoms with E-state index in [0.717, 1.165) is 38.2 Å². The van der Waals surface area contributed by atoms with Crippen LogP contribution in [0.4, 0.5) is 0 Å². The van der Waals surface area contributed by atoms with Gasteiger partial charge in [0.2, 0.25) is 0 Å². The lowest BCUT2D eigenvalue weighted by Crippen LogP contribution is -2.45. The molecule has 1 aromatic carbocycles. The Labute approximate surface area is 130 Å². The molecule has 1 saturated heterocycles. The summed E-state index contributed by atoms with van der Waals surface area (Å²) in [5, 5.41) is 14.3. The average molecular weight is 317 g/mol. The first-order valence-corrected chi connectivity index (χ1v) is 7.88. The van der Waals surface area contributed by atoms with E-state index in [0.29, 0.717) is 10.9 Å². The molecular weight excluding hydrogens is 295 g/mol. The molecule has 0 radical (unpaired) electrons. The van der Waals surface area contributed by atoms with Gasteiger partial charge in [0.05, 0.1) is 5.02 Å². The normalized spacial score (nSPS) is 18.4. The zero-order chi connectivity index (χ0) is 14.7. The molecule has 0 bridgehead atoms. The van der Waals surface area contributed by atoms with Crippen LogP contribution in [0, 0.1) is 5.92 Å². The Bertz CT molecular complexity index is 459. The first-order valence-electron chi connectivity index (χ1n) is 7.12. The number of nitrogens with one attached hydrogen (secondary N) is 1. The quantitative estimate of drug-likeness (QED) is 0.889. The molecule has 5 heteroatoms. The van der Waals surface area contributed by atoms with Crippen molar-refractivity contribution in [1.82, 2.24) is 10.2 Å². The Morgan fingerprint density at radius 3 is 2.50 bits per heavy atom.